The van der Waals surface area contributed by atoms with Crippen molar-refractivity contribution < 1.29 is 19.0 Å². The van der Waals surface area contributed by atoms with Crippen LogP contribution in [0.4, 0.5) is 9.18 Å². The number of carbonyl (C=O) groups excluding carboxylic acids is 1. The summed E-state index contributed by atoms with van der Waals surface area (Å²) in [5, 5.41) is 14.1. The Balaban J connectivity index is 2.15. The van der Waals surface area contributed by atoms with Crippen LogP contribution in [0.25, 0.3) is 0 Å². The number of hydrazone groups is 1. The van der Waals surface area contributed by atoms with Crippen molar-refractivity contribution in [3.63, 3.8) is 0 Å². The van der Waals surface area contributed by atoms with Crippen LogP contribution in [0, 0.1) is 5.92 Å². The number of amides is 1. The van der Waals surface area contributed by atoms with E-state index in [2.05, 4.69) is 5.10 Å². The number of rotatable bonds is 1. The molecule has 1 heterocycles. The predicted molar refractivity (Wildman–Crippen MR) is 68.2 cm³/mol. The Morgan fingerprint density at radius 3 is 2.79 bits per heavy atom. The molecule has 0 spiro atoms. The van der Waals surface area contributed by atoms with Gasteiger partial charge in [-0.3, -0.25) is 0 Å². The van der Waals surface area contributed by atoms with E-state index in [1.807, 2.05) is 0 Å². The Kier molecular flexibility index (Phi) is 3.45. The predicted octanol–water partition coefficient (Wildman–Crippen LogP) is 1.99. The van der Waals surface area contributed by atoms with Gasteiger partial charge in [-0.25, -0.2) is 9.18 Å². The Morgan fingerprint density at radius 2 is 2.21 bits per heavy atom. The van der Waals surface area contributed by atoms with Gasteiger partial charge < -0.3 is 9.84 Å². The van der Waals surface area contributed by atoms with Crippen molar-refractivity contribution in [2.45, 2.75) is 32.4 Å². The van der Waals surface area contributed by atoms with Gasteiger partial charge in [-0.2, -0.15) is 10.1 Å². The van der Waals surface area contributed by atoms with Crippen molar-refractivity contribution in [2.24, 2.45) is 11.0 Å². The summed E-state index contributed by atoms with van der Waals surface area (Å²) < 4.78 is 18.9. The largest absolute Gasteiger partial charge is 0.442 e. The van der Waals surface area contributed by atoms with E-state index in [4.69, 9.17) is 9.84 Å². The van der Waals surface area contributed by atoms with Crippen LogP contribution in [0.2, 0.25) is 0 Å². The lowest BCUT2D eigenvalue weighted by atomic mass is 9.92. The molecule has 0 aromatic rings. The molecule has 6 heteroatoms. The molecule has 1 amide bonds. The first-order chi connectivity index (χ1) is 8.81. The summed E-state index contributed by atoms with van der Waals surface area (Å²) in [6.07, 6.45) is 3.80. The average molecular weight is 268 g/mol. The van der Waals surface area contributed by atoms with E-state index in [9.17, 15) is 9.18 Å². The number of ether oxygens (including phenoxy) is 1. The molecule has 0 fully saturated rings. The first-order valence-electron chi connectivity index (χ1n) is 6.07. The molecule has 1 aliphatic heterocycles. The zero-order chi connectivity index (χ0) is 14.2. The first-order valence-corrected chi connectivity index (χ1v) is 6.07. The van der Waals surface area contributed by atoms with Gasteiger partial charge in [0.15, 0.2) is 0 Å². The first kappa shape index (κ1) is 13.7. The molecule has 0 bridgehead atoms. The highest BCUT2D eigenvalue weighted by molar-refractivity contribution is 5.77. The summed E-state index contributed by atoms with van der Waals surface area (Å²) in [6.45, 7) is 4.89. The van der Waals surface area contributed by atoms with Gasteiger partial charge in [-0.05, 0) is 26.8 Å². The molecule has 104 valence electrons. The van der Waals surface area contributed by atoms with Gasteiger partial charge in [-0.15, -0.1) is 0 Å². The SMILES string of the molecule is CC(C)(C)OC(=O)N1N=CC2C=C(CO)C(F)=CC21. The summed E-state index contributed by atoms with van der Waals surface area (Å²) in [5.41, 5.74) is -0.410. The van der Waals surface area contributed by atoms with Gasteiger partial charge in [0.2, 0.25) is 0 Å². The maximum absolute atomic E-state index is 13.7. The summed E-state index contributed by atoms with van der Waals surface area (Å²) >= 11 is 0. The van der Waals surface area contributed by atoms with Gasteiger partial charge in [0.05, 0.1) is 12.6 Å². The quantitative estimate of drug-likeness (QED) is 0.791. The number of fused-ring (bicyclic) bond motifs is 1. The molecule has 0 aromatic heterocycles. The molecule has 5 nitrogen and oxygen atoms in total. The van der Waals surface area contributed by atoms with Crippen LogP contribution in [0.15, 0.2) is 28.7 Å². The summed E-state index contributed by atoms with van der Waals surface area (Å²) in [4.78, 5) is 11.9. The van der Waals surface area contributed by atoms with Crippen molar-refractivity contribution in [3.8, 4) is 0 Å². The minimum Gasteiger partial charge on any atom is -0.442 e. The number of carbonyl (C=O) groups is 1. The third kappa shape index (κ3) is 2.84. The van der Waals surface area contributed by atoms with Crippen LogP contribution >= 0.6 is 0 Å². The molecule has 2 atom stereocenters. The Morgan fingerprint density at radius 1 is 1.53 bits per heavy atom. The molecular formula is C13H17FN2O3. The fraction of sp³-hybridized carbons (Fsp3) is 0.538. The maximum Gasteiger partial charge on any atom is 0.431 e. The fourth-order valence-corrected chi connectivity index (χ4v) is 1.98. The van der Waals surface area contributed by atoms with E-state index in [0.29, 0.717) is 0 Å². The zero-order valence-corrected chi connectivity index (χ0v) is 11.1. The lowest BCUT2D eigenvalue weighted by molar-refractivity contribution is 0.0216. The highest BCUT2D eigenvalue weighted by Crippen LogP contribution is 2.31. The number of aliphatic hydroxyl groups excluding tert-OH is 1. The molecule has 19 heavy (non-hydrogen) atoms. The molecule has 0 saturated heterocycles. The van der Waals surface area contributed by atoms with Gasteiger partial charge in [-0.1, -0.05) is 6.08 Å². The van der Waals surface area contributed by atoms with Crippen molar-refractivity contribution in [1.29, 1.82) is 0 Å². The molecule has 0 saturated carbocycles. The normalized spacial score (nSPS) is 25.8. The topological polar surface area (TPSA) is 62.1 Å². The highest BCUT2D eigenvalue weighted by Gasteiger charge is 2.37. The molecular weight excluding hydrogens is 251 g/mol. The van der Waals surface area contributed by atoms with Gasteiger partial charge in [0.25, 0.3) is 0 Å². The second-order valence-corrected chi connectivity index (χ2v) is 5.52. The maximum atomic E-state index is 13.7. The molecule has 0 aromatic carbocycles. The van der Waals surface area contributed by atoms with E-state index in [1.165, 1.54) is 6.08 Å². The molecule has 2 rings (SSSR count). The molecule has 1 N–H and O–H groups in total. The molecule has 2 unspecified atom stereocenters. The Bertz CT molecular complexity index is 477. The van der Waals surface area contributed by atoms with Crippen LogP contribution in [-0.4, -0.2) is 40.7 Å². The second-order valence-electron chi connectivity index (χ2n) is 5.52. The van der Waals surface area contributed by atoms with Gasteiger partial charge >= 0.3 is 6.09 Å². The van der Waals surface area contributed by atoms with Crippen LogP contribution < -0.4 is 0 Å². The van der Waals surface area contributed by atoms with Crippen LogP contribution in [0.3, 0.4) is 0 Å². The summed E-state index contributed by atoms with van der Waals surface area (Å²) in [7, 11) is 0. The van der Waals surface area contributed by atoms with Gasteiger partial charge in [0, 0.05) is 17.7 Å². The Hall–Kier alpha value is -1.69. The van der Waals surface area contributed by atoms with E-state index in [-0.39, 0.29) is 18.1 Å². The second kappa shape index (κ2) is 4.77. The lowest BCUT2D eigenvalue weighted by Gasteiger charge is -2.28. The highest BCUT2D eigenvalue weighted by atomic mass is 19.1. The van der Waals surface area contributed by atoms with Crippen molar-refractivity contribution in [3.05, 3.63) is 23.6 Å². The van der Waals surface area contributed by atoms with Crippen molar-refractivity contribution >= 4 is 12.3 Å². The third-order valence-electron chi connectivity index (χ3n) is 2.81. The number of hydrogen-bond donors (Lipinski definition) is 1. The Labute approximate surface area is 111 Å². The minimum absolute atomic E-state index is 0.221. The van der Waals surface area contributed by atoms with E-state index < -0.39 is 23.6 Å². The van der Waals surface area contributed by atoms with Gasteiger partial charge in [0.1, 0.15) is 11.4 Å². The van der Waals surface area contributed by atoms with E-state index in [0.717, 1.165) is 5.01 Å². The van der Waals surface area contributed by atoms with Crippen molar-refractivity contribution in [2.75, 3.05) is 6.61 Å². The number of aliphatic hydroxyl groups is 1. The molecule has 0 radical (unpaired) electrons. The van der Waals surface area contributed by atoms with Crippen LogP contribution in [0.1, 0.15) is 20.8 Å². The summed E-state index contributed by atoms with van der Waals surface area (Å²) in [6, 6.07) is -0.523. The fourth-order valence-electron chi connectivity index (χ4n) is 1.98. The number of nitrogens with zero attached hydrogens (tertiary/aromatic N) is 2. The van der Waals surface area contributed by atoms with Crippen molar-refractivity contribution in [1.82, 2.24) is 5.01 Å². The zero-order valence-electron chi connectivity index (χ0n) is 11.1. The monoisotopic (exact) mass is 268 g/mol. The molecule has 1 aliphatic carbocycles. The standard InChI is InChI=1S/C13H17FN2O3/c1-13(2,3)19-12(18)16-11-5-10(14)9(7-17)4-8(11)6-15-16/h4-6,8,11,17H,7H2,1-3H3. The summed E-state index contributed by atoms with van der Waals surface area (Å²) in [5.74, 6) is -0.753. The lowest BCUT2D eigenvalue weighted by Crippen LogP contribution is -2.40. The van der Waals surface area contributed by atoms with Crippen LogP contribution in [-0.2, 0) is 4.74 Å². The molecule has 2 aliphatic rings. The van der Waals surface area contributed by atoms with E-state index in [1.54, 1.807) is 33.1 Å². The average Bonchev–Trinajstić information content (AvgIpc) is 2.68. The van der Waals surface area contributed by atoms with Crippen LogP contribution in [0.5, 0.6) is 0 Å². The number of halogens is 1. The van der Waals surface area contributed by atoms with E-state index >= 15 is 0 Å². The minimum atomic E-state index is -0.631. The third-order valence-corrected chi connectivity index (χ3v) is 2.81. The smallest absolute Gasteiger partial charge is 0.431 e. The number of hydrogen-bond acceptors (Lipinski definition) is 4.